The smallest absolute Gasteiger partial charge is 0.332 e. The predicted octanol–water partition coefficient (Wildman–Crippen LogP) is 3.90. The minimum absolute atomic E-state index is 0.0513. The lowest BCUT2D eigenvalue weighted by Crippen LogP contribution is -2.41. The fourth-order valence-corrected chi connectivity index (χ4v) is 3.99. The van der Waals surface area contributed by atoms with Crippen LogP contribution in [0.5, 0.6) is 0 Å². The Hall–Kier alpha value is -4.39. The maximum atomic E-state index is 13.5. The van der Waals surface area contributed by atoms with E-state index in [1.54, 1.807) is 30.3 Å². The lowest BCUT2D eigenvalue weighted by molar-refractivity contribution is -0.116. The number of furan rings is 1. The molecular formula is C26H21N3O4. The van der Waals surface area contributed by atoms with Gasteiger partial charge < -0.3 is 9.73 Å². The number of nitrogens with zero attached hydrogens (tertiary/aromatic N) is 2. The van der Waals surface area contributed by atoms with Crippen molar-refractivity contribution in [2.75, 3.05) is 5.32 Å². The maximum absolute atomic E-state index is 13.5. The third kappa shape index (κ3) is 3.74. The van der Waals surface area contributed by atoms with E-state index in [2.05, 4.69) is 5.32 Å². The number of carbonyl (C=O) groups is 1. The van der Waals surface area contributed by atoms with Gasteiger partial charge in [0.15, 0.2) is 0 Å². The molecule has 7 nitrogen and oxygen atoms in total. The van der Waals surface area contributed by atoms with E-state index >= 15 is 0 Å². The van der Waals surface area contributed by atoms with E-state index in [0.29, 0.717) is 22.2 Å². The number of carbonyl (C=O) groups excluding carboxylic acids is 1. The lowest BCUT2D eigenvalue weighted by Gasteiger charge is -2.13. The van der Waals surface area contributed by atoms with Crippen LogP contribution in [0.1, 0.15) is 11.1 Å². The fourth-order valence-electron chi connectivity index (χ4n) is 3.99. The van der Waals surface area contributed by atoms with Crippen molar-refractivity contribution in [1.82, 2.24) is 9.13 Å². The lowest BCUT2D eigenvalue weighted by atomic mass is 10.2. The first-order chi connectivity index (χ1) is 16.0. The average molecular weight is 439 g/mol. The molecule has 1 N–H and O–H groups in total. The highest BCUT2D eigenvalue weighted by atomic mass is 16.3. The van der Waals surface area contributed by atoms with Gasteiger partial charge in [-0.2, -0.15) is 0 Å². The molecule has 0 atom stereocenters. The van der Waals surface area contributed by atoms with Crippen LogP contribution in [0, 0.1) is 6.92 Å². The van der Waals surface area contributed by atoms with E-state index in [0.717, 1.165) is 15.7 Å². The third-order valence-electron chi connectivity index (χ3n) is 5.64. The van der Waals surface area contributed by atoms with Gasteiger partial charge in [0, 0.05) is 11.1 Å². The van der Waals surface area contributed by atoms with Crippen molar-refractivity contribution in [2.24, 2.45) is 0 Å². The van der Waals surface area contributed by atoms with E-state index in [1.807, 2.05) is 55.5 Å². The van der Waals surface area contributed by atoms with Crippen LogP contribution in [0.2, 0.25) is 0 Å². The van der Waals surface area contributed by atoms with E-state index in [1.165, 1.54) is 4.57 Å². The zero-order valence-corrected chi connectivity index (χ0v) is 17.9. The first kappa shape index (κ1) is 20.5. The summed E-state index contributed by atoms with van der Waals surface area (Å²) >= 11 is 0. The predicted molar refractivity (Wildman–Crippen MR) is 128 cm³/mol. The molecule has 3 aromatic carbocycles. The number of rotatable bonds is 5. The molecular weight excluding hydrogens is 418 g/mol. The SMILES string of the molecule is Cc1ccccc1NC(=O)Cn1c(=O)n(Cc2ccccc2)c(=O)c2oc3ccccc3c21. The molecule has 2 aromatic heterocycles. The molecule has 0 aliphatic rings. The highest BCUT2D eigenvalue weighted by molar-refractivity contribution is 6.03. The summed E-state index contributed by atoms with van der Waals surface area (Å²) < 4.78 is 8.28. The molecule has 33 heavy (non-hydrogen) atoms. The monoisotopic (exact) mass is 439 g/mol. The van der Waals surface area contributed by atoms with Crippen molar-refractivity contribution >= 4 is 33.7 Å². The quantitative estimate of drug-likeness (QED) is 0.450. The van der Waals surface area contributed by atoms with Gasteiger partial charge in [-0.1, -0.05) is 60.7 Å². The Morgan fingerprint density at radius 2 is 1.58 bits per heavy atom. The van der Waals surface area contributed by atoms with Crippen LogP contribution >= 0.6 is 0 Å². The van der Waals surface area contributed by atoms with Crippen molar-refractivity contribution in [3.63, 3.8) is 0 Å². The van der Waals surface area contributed by atoms with Gasteiger partial charge in [-0.25, -0.2) is 4.79 Å². The molecule has 0 spiro atoms. The fraction of sp³-hybridized carbons (Fsp3) is 0.115. The molecule has 0 aliphatic heterocycles. The summed E-state index contributed by atoms with van der Waals surface area (Å²) in [6.45, 7) is 1.71. The second kappa shape index (κ2) is 8.27. The number of hydrogen-bond donors (Lipinski definition) is 1. The van der Waals surface area contributed by atoms with Crippen LogP contribution < -0.4 is 16.6 Å². The molecule has 0 saturated heterocycles. The van der Waals surface area contributed by atoms with Crippen molar-refractivity contribution in [3.05, 3.63) is 111 Å². The van der Waals surface area contributed by atoms with Gasteiger partial charge in [0.2, 0.25) is 11.5 Å². The number of hydrogen-bond acceptors (Lipinski definition) is 4. The number of aryl methyl sites for hydroxylation is 1. The van der Waals surface area contributed by atoms with Gasteiger partial charge in [0.25, 0.3) is 5.56 Å². The second-order valence-electron chi connectivity index (χ2n) is 7.88. The third-order valence-corrected chi connectivity index (χ3v) is 5.64. The summed E-state index contributed by atoms with van der Waals surface area (Å²) in [7, 11) is 0. The van der Waals surface area contributed by atoms with Crippen LogP contribution in [0.15, 0.2) is 92.9 Å². The molecule has 2 heterocycles. The molecule has 0 aliphatic carbocycles. The summed E-state index contributed by atoms with van der Waals surface area (Å²) in [6.07, 6.45) is 0. The average Bonchev–Trinajstić information content (AvgIpc) is 3.21. The summed E-state index contributed by atoms with van der Waals surface area (Å²) in [5.41, 5.74) is 2.14. The summed E-state index contributed by atoms with van der Waals surface area (Å²) in [5, 5.41) is 3.47. The van der Waals surface area contributed by atoms with Gasteiger partial charge in [-0.15, -0.1) is 0 Å². The minimum atomic E-state index is -0.567. The number of nitrogens with one attached hydrogen (secondary N) is 1. The van der Waals surface area contributed by atoms with Crippen molar-refractivity contribution in [2.45, 2.75) is 20.0 Å². The van der Waals surface area contributed by atoms with Gasteiger partial charge >= 0.3 is 5.69 Å². The van der Waals surface area contributed by atoms with Crippen molar-refractivity contribution in [3.8, 4) is 0 Å². The van der Waals surface area contributed by atoms with Crippen molar-refractivity contribution in [1.29, 1.82) is 0 Å². The number of fused-ring (bicyclic) bond motifs is 3. The molecule has 0 unspecified atom stereocenters. The number of anilines is 1. The van der Waals surface area contributed by atoms with Crippen molar-refractivity contribution < 1.29 is 9.21 Å². The Bertz CT molecular complexity index is 1610. The van der Waals surface area contributed by atoms with E-state index in [9.17, 15) is 14.4 Å². The second-order valence-corrected chi connectivity index (χ2v) is 7.88. The highest BCUT2D eigenvalue weighted by Gasteiger charge is 2.21. The number of aromatic nitrogens is 2. The molecule has 1 amide bonds. The minimum Gasteiger partial charge on any atom is -0.449 e. The van der Waals surface area contributed by atoms with Crippen LogP contribution in [-0.4, -0.2) is 15.0 Å². The molecule has 0 bridgehead atoms. The zero-order valence-electron chi connectivity index (χ0n) is 17.9. The molecule has 0 saturated carbocycles. The van der Waals surface area contributed by atoms with Gasteiger partial charge in [-0.3, -0.25) is 18.7 Å². The van der Waals surface area contributed by atoms with Crippen LogP contribution in [0.3, 0.4) is 0 Å². The summed E-state index contributed by atoms with van der Waals surface area (Å²) in [4.78, 5) is 39.7. The van der Waals surface area contributed by atoms with Crippen LogP contribution in [0.25, 0.3) is 22.1 Å². The Labute approximate surface area is 188 Å². The van der Waals surface area contributed by atoms with E-state index in [4.69, 9.17) is 4.42 Å². The Balaban J connectivity index is 1.67. The van der Waals surface area contributed by atoms with Gasteiger partial charge in [0.1, 0.15) is 17.6 Å². The standard InChI is InChI=1S/C26H21N3O4/c1-17-9-5-7-13-20(17)27-22(30)16-28-23-19-12-6-8-14-21(19)33-24(23)25(31)29(26(28)32)15-18-10-3-2-4-11-18/h2-14H,15-16H2,1H3,(H,27,30). The normalized spacial score (nSPS) is 11.2. The van der Waals surface area contributed by atoms with Gasteiger partial charge in [0.05, 0.1) is 6.54 Å². The van der Waals surface area contributed by atoms with Gasteiger partial charge in [-0.05, 0) is 36.2 Å². The molecule has 5 rings (SSSR count). The molecule has 0 fully saturated rings. The largest absolute Gasteiger partial charge is 0.449 e. The topological polar surface area (TPSA) is 86.2 Å². The summed E-state index contributed by atoms with van der Waals surface area (Å²) in [6, 6.07) is 23.7. The Morgan fingerprint density at radius 3 is 2.36 bits per heavy atom. The Morgan fingerprint density at radius 1 is 0.879 bits per heavy atom. The number of benzene rings is 3. The molecule has 5 aromatic rings. The highest BCUT2D eigenvalue weighted by Crippen LogP contribution is 2.25. The molecule has 0 radical (unpaired) electrons. The number of para-hydroxylation sites is 2. The first-order valence-electron chi connectivity index (χ1n) is 10.6. The molecule has 7 heteroatoms. The molecule has 164 valence electrons. The summed E-state index contributed by atoms with van der Waals surface area (Å²) in [5.74, 6) is -0.372. The van der Waals surface area contributed by atoms with Crippen LogP contribution in [-0.2, 0) is 17.9 Å². The Kier molecular flexibility index (Phi) is 5.14. The van der Waals surface area contributed by atoms with Crippen LogP contribution in [0.4, 0.5) is 5.69 Å². The maximum Gasteiger partial charge on any atom is 0.332 e. The zero-order chi connectivity index (χ0) is 22.9. The van der Waals surface area contributed by atoms with E-state index in [-0.39, 0.29) is 24.6 Å². The number of amides is 1. The van der Waals surface area contributed by atoms with E-state index < -0.39 is 11.2 Å². The first-order valence-corrected chi connectivity index (χ1v) is 10.6.